The second kappa shape index (κ2) is 21.2. The maximum atomic E-state index is 13.4. The van der Waals surface area contributed by atoms with Gasteiger partial charge < -0.3 is 54.6 Å². The number of imide groups is 1. The smallest absolute Gasteiger partial charge is 0.407 e. The molecule has 0 spiro atoms. The molecule has 3 aliphatic rings. The molecule has 2 fully saturated rings. The summed E-state index contributed by atoms with van der Waals surface area (Å²) in [5, 5.41) is 30.5. The van der Waals surface area contributed by atoms with Gasteiger partial charge in [0.1, 0.15) is 12.7 Å². The van der Waals surface area contributed by atoms with Crippen molar-refractivity contribution in [2.45, 2.75) is 128 Å². The first-order chi connectivity index (χ1) is 26.0. The van der Waals surface area contributed by atoms with Crippen LogP contribution in [0.3, 0.4) is 0 Å². The monoisotopic (exact) mass is 782 g/mol. The van der Waals surface area contributed by atoms with Gasteiger partial charge in [0, 0.05) is 90.1 Å². The average molecular weight is 783 g/mol. The molecule has 0 bridgehead atoms. The highest BCUT2D eigenvalue weighted by Gasteiger charge is 2.51. The number of unbranched alkanes of at least 4 members (excludes halogenated alkanes) is 2. The van der Waals surface area contributed by atoms with Gasteiger partial charge in [-0.3, -0.25) is 24.1 Å². The van der Waals surface area contributed by atoms with E-state index in [9.17, 15) is 34.2 Å². The van der Waals surface area contributed by atoms with Crippen LogP contribution in [0.5, 0.6) is 0 Å². The molecule has 0 aliphatic carbocycles. The van der Waals surface area contributed by atoms with Crippen molar-refractivity contribution in [3.05, 3.63) is 24.3 Å². The maximum absolute atomic E-state index is 13.4. The molecule has 312 valence electrons. The average Bonchev–Trinajstić information content (AvgIpc) is 3.47. The Labute approximate surface area is 323 Å². The van der Waals surface area contributed by atoms with Crippen LogP contribution in [-0.4, -0.2) is 141 Å². The van der Waals surface area contributed by atoms with Gasteiger partial charge in [0.25, 0.3) is 17.7 Å². The number of rotatable bonds is 21. The molecule has 5 N–H and O–H groups in total. The van der Waals surface area contributed by atoms with Crippen molar-refractivity contribution in [3.8, 4) is 0 Å². The number of nitrogens with one attached hydrogen (secondary N) is 3. The maximum Gasteiger partial charge on any atom is 0.407 e. The highest BCUT2D eigenvalue weighted by molar-refractivity contribution is 6.12. The number of aliphatic hydroxyl groups is 2. The highest BCUT2D eigenvalue weighted by Crippen LogP contribution is 2.41. The van der Waals surface area contributed by atoms with Gasteiger partial charge in [-0.2, -0.15) is 0 Å². The van der Waals surface area contributed by atoms with Crippen LogP contribution < -0.4 is 16.0 Å². The Morgan fingerprint density at radius 3 is 2.31 bits per heavy atom. The molecule has 1 unspecified atom stereocenters. The standard InChI is InChI=1S/C38H62N4O13/c1-23-21-38(52-8,55-25(3)24(23)2)33(47)34(48)41-35(51-7)27-20-28(43)37(4,5)29(54-27)19-26(50-6)22-53-36(49)40-17-12-16-39-30(44)13-10-9-11-18-42-31(45)14-15-32(42)46/h14-15,24-29,33,35,43,47H,1,9-13,16-22H2,2-8H3,(H,39,44)(H,40,49)(H,41,48)/t24-,25-,26+,27?,28-,29-,33-,35+,38-/m1/s1. The molecule has 17 heteroatoms. The van der Waals surface area contributed by atoms with Crippen LogP contribution in [0.25, 0.3) is 0 Å². The van der Waals surface area contributed by atoms with Gasteiger partial charge in [-0.05, 0) is 26.2 Å². The zero-order valence-corrected chi connectivity index (χ0v) is 33.3. The molecule has 55 heavy (non-hydrogen) atoms. The van der Waals surface area contributed by atoms with Gasteiger partial charge in [-0.25, -0.2) is 4.79 Å². The second-order valence-electron chi connectivity index (χ2n) is 15.1. The Balaban J connectivity index is 1.40. The van der Waals surface area contributed by atoms with Crippen LogP contribution >= 0.6 is 0 Å². The summed E-state index contributed by atoms with van der Waals surface area (Å²) >= 11 is 0. The molecule has 0 aromatic heterocycles. The minimum atomic E-state index is -1.73. The fourth-order valence-electron chi connectivity index (χ4n) is 6.79. The Hall–Kier alpha value is -3.45. The van der Waals surface area contributed by atoms with Crippen molar-refractivity contribution in [3.63, 3.8) is 0 Å². The minimum Gasteiger partial charge on any atom is -0.447 e. The largest absolute Gasteiger partial charge is 0.447 e. The highest BCUT2D eigenvalue weighted by atomic mass is 16.7. The quantitative estimate of drug-likeness (QED) is 0.0483. The summed E-state index contributed by atoms with van der Waals surface area (Å²) in [7, 11) is 4.21. The molecule has 9 atom stereocenters. The Morgan fingerprint density at radius 2 is 1.69 bits per heavy atom. The van der Waals surface area contributed by atoms with Gasteiger partial charge in [0.15, 0.2) is 12.3 Å². The van der Waals surface area contributed by atoms with Crippen molar-refractivity contribution in [2.24, 2.45) is 11.3 Å². The van der Waals surface area contributed by atoms with Gasteiger partial charge >= 0.3 is 6.09 Å². The first-order valence-corrected chi connectivity index (χ1v) is 19.0. The third-order valence-corrected chi connectivity index (χ3v) is 10.9. The molecule has 5 amide bonds. The topological polar surface area (TPSA) is 221 Å². The van der Waals surface area contributed by atoms with E-state index in [1.54, 1.807) is 0 Å². The van der Waals surface area contributed by atoms with E-state index >= 15 is 0 Å². The lowest BCUT2D eigenvalue weighted by molar-refractivity contribution is -0.298. The number of aliphatic hydroxyl groups excluding tert-OH is 2. The summed E-state index contributed by atoms with van der Waals surface area (Å²) in [6, 6.07) is 0. The second-order valence-corrected chi connectivity index (χ2v) is 15.1. The number of nitrogens with zero attached hydrogens (tertiary/aromatic N) is 1. The van der Waals surface area contributed by atoms with E-state index in [-0.39, 0.29) is 62.2 Å². The van der Waals surface area contributed by atoms with Crippen LogP contribution in [0.2, 0.25) is 0 Å². The number of amides is 5. The van der Waals surface area contributed by atoms with E-state index in [1.807, 2.05) is 27.7 Å². The molecule has 3 rings (SSSR count). The summed E-state index contributed by atoms with van der Waals surface area (Å²) in [5.74, 6) is -3.18. The summed E-state index contributed by atoms with van der Waals surface area (Å²) in [6.07, 6.45) is -0.986. The van der Waals surface area contributed by atoms with E-state index in [0.717, 1.165) is 5.57 Å². The Kier molecular flexibility index (Phi) is 17.7. The van der Waals surface area contributed by atoms with Crippen molar-refractivity contribution in [1.82, 2.24) is 20.9 Å². The van der Waals surface area contributed by atoms with Crippen LogP contribution in [0.4, 0.5) is 4.79 Å². The molecule has 3 aliphatic heterocycles. The van der Waals surface area contributed by atoms with Crippen LogP contribution in [0.15, 0.2) is 24.3 Å². The van der Waals surface area contributed by atoms with E-state index in [2.05, 4.69) is 22.5 Å². The molecule has 0 radical (unpaired) electrons. The molecule has 2 saturated heterocycles. The fraction of sp³-hybridized carbons (Fsp3) is 0.763. The van der Waals surface area contributed by atoms with E-state index in [4.69, 9.17) is 28.4 Å². The normalized spacial score (nSPS) is 28.1. The predicted octanol–water partition coefficient (Wildman–Crippen LogP) is 1.45. The number of alkyl carbamates (subject to hydrolysis) is 1. The lowest BCUT2D eigenvalue weighted by Crippen LogP contribution is -2.62. The van der Waals surface area contributed by atoms with E-state index in [0.29, 0.717) is 45.2 Å². The number of carbonyl (C=O) groups excluding carboxylic acids is 5. The van der Waals surface area contributed by atoms with Gasteiger partial charge in [-0.1, -0.05) is 39.3 Å². The minimum absolute atomic E-state index is 0.00692. The number of carbonyl (C=O) groups is 5. The summed E-state index contributed by atoms with van der Waals surface area (Å²) in [4.78, 5) is 62.2. The van der Waals surface area contributed by atoms with Crippen molar-refractivity contribution >= 4 is 29.7 Å². The zero-order chi connectivity index (χ0) is 40.9. The zero-order valence-electron chi connectivity index (χ0n) is 33.3. The van der Waals surface area contributed by atoms with E-state index < -0.39 is 60.0 Å². The lowest BCUT2D eigenvalue weighted by Gasteiger charge is -2.48. The van der Waals surface area contributed by atoms with Gasteiger partial charge in [0.2, 0.25) is 11.7 Å². The Morgan fingerprint density at radius 1 is 1.02 bits per heavy atom. The molecule has 17 nitrogen and oxygen atoms in total. The fourth-order valence-corrected chi connectivity index (χ4v) is 6.79. The van der Waals surface area contributed by atoms with E-state index in [1.165, 1.54) is 38.4 Å². The SMILES string of the molecule is C=C1C[C@](OC)([C@H](O)C(=O)N[C@@H](OC)C2C[C@@H](O)C(C)(C)[C@@H](C[C@@H](COC(=O)NCCCNC(=O)CCCCCN3C(=O)C=CC3=O)OC)O2)O[C@H](C)[C@@H]1C. The Bertz CT molecular complexity index is 1360. The van der Waals surface area contributed by atoms with Crippen LogP contribution in [0.1, 0.15) is 79.1 Å². The summed E-state index contributed by atoms with van der Waals surface area (Å²) < 4.78 is 34.5. The molecular formula is C38H62N4O13. The third-order valence-electron chi connectivity index (χ3n) is 10.9. The van der Waals surface area contributed by atoms with Gasteiger partial charge in [0.05, 0.1) is 24.4 Å². The molecule has 0 aromatic rings. The van der Waals surface area contributed by atoms with Crippen molar-refractivity contribution < 1.29 is 62.6 Å². The van der Waals surface area contributed by atoms with Gasteiger partial charge in [-0.15, -0.1) is 0 Å². The van der Waals surface area contributed by atoms with Crippen molar-refractivity contribution in [1.29, 1.82) is 0 Å². The third kappa shape index (κ3) is 12.5. The first-order valence-electron chi connectivity index (χ1n) is 19.0. The molecule has 0 aromatic carbocycles. The molecular weight excluding hydrogens is 720 g/mol. The number of hydrogen-bond acceptors (Lipinski definition) is 13. The number of methoxy groups -OCH3 is 3. The summed E-state index contributed by atoms with van der Waals surface area (Å²) in [5.41, 5.74) is 0.0277. The molecule has 3 heterocycles. The van der Waals surface area contributed by atoms with Crippen molar-refractivity contribution in [2.75, 3.05) is 47.6 Å². The number of ether oxygens (including phenoxy) is 6. The van der Waals surface area contributed by atoms with Crippen LogP contribution in [-0.2, 0) is 47.6 Å². The summed E-state index contributed by atoms with van der Waals surface area (Å²) in [6.45, 7) is 12.4. The first kappa shape index (κ1) is 45.9. The lowest BCUT2D eigenvalue weighted by atomic mass is 9.74. The predicted molar refractivity (Wildman–Crippen MR) is 198 cm³/mol. The number of hydrogen-bond donors (Lipinski definition) is 5. The van der Waals surface area contributed by atoms with Crippen LogP contribution in [0, 0.1) is 11.3 Å². The molecule has 0 saturated carbocycles.